The minimum Gasteiger partial charge on any atom is -0.339 e. The predicted molar refractivity (Wildman–Crippen MR) is 68.6 cm³/mol. The van der Waals surface area contributed by atoms with Crippen molar-refractivity contribution < 1.29 is 4.79 Å². The Balaban J connectivity index is 1.98. The van der Waals surface area contributed by atoms with Crippen LogP contribution in [0.3, 0.4) is 0 Å². The fourth-order valence-corrected chi connectivity index (χ4v) is 3.11. The molecule has 2 unspecified atom stereocenters. The molecule has 17 heavy (non-hydrogen) atoms. The van der Waals surface area contributed by atoms with E-state index >= 15 is 0 Å². The van der Waals surface area contributed by atoms with Gasteiger partial charge in [-0.2, -0.15) is 0 Å². The van der Waals surface area contributed by atoms with Crippen LogP contribution in [-0.2, 0) is 4.79 Å². The van der Waals surface area contributed by atoms with Crippen molar-refractivity contribution in [1.29, 1.82) is 0 Å². The van der Waals surface area contributed by atoms with Crippen LogP contribution in [0.25, 0.3) is 0 Å². The van der Waals surface area contributed by atoms with E-state index < -0.39 is 5.54 Å². The molecule has 0 bridgehead atoms. The quantitative estimate of drug-likeness (QED) is 0.731. The van der Waals surface area contributed by atoms with Crippen molar-refractivity contribution >= 4 is 5.91 Å². The van der Waals surface area contributed by atoms with Gasteiger partial charge in [-0.05, 0) is 25.8 Å². The maximum atomic E-state index is 12.5. The maximum absolute atomic E-state index is 12.5. The second-order valence-electron chi connectivity index (χ2n) is 5.95. The van der Waals surface area contributed by atoms with Gasteiger partial charge in [0.1, 0.15) is 0 Å². The van der Waals surface area contributed by atoms with Gasteiger partial charge >= 0.3 is 0 Å². The minimum atomic E-state index is -0.576. The molecule has 1 aliphatic heterocycles. The van der Waals surface area contributed by atoms with E-state index in [1.54, 1.807) is 0 Å². The van der Waals surface area contributed by atoms with Crippen molar-refractivity contribution in [3.63, 3.8) is 0 Å². The summed E-state index contributed by atoms with van der Waals surface area (Å²) >= 11 is 0. The van der Waals surface area contributed by atoms with Crippen molar-refractivity contribution in [1.82, 2.24) is 9.80 Å². The number of carbonyl (C=O) groups excluding carboxylic acids is 1. The van der Waals surface area contributed by atoms with Crippen molar-refractivity contribution in [2.45, 2.75) is 38.1 Å². The van der Waals surface area contributed by atoms with E-state index in [-0.39, 0.29) is 5.91 Å². The smallest absolute Gasteiger partial charge is 0.242 e. The first-order valence-electron chi connectivity index (χ1n) is 6.78. The minimum absolute atomic E-state index is 0.192. The van der Waals surface area contributed by atoms with Gasteiger partial charge < -0.3 is 15.5 Å². The van der Waals surface area contributed by atoms with Crippen LogP contribution in [0.1, 0.15) is 32.6 Å². The molecule has 0 radical (unpaired) electrons. The Bertz CT molecular complexity index is 286. The number of rotatable bonds is 1. The third-order valence-electron chi connectivity index (χ3n) is 4.25. The number of amides is 1. The summed E-state index contributed by atoms with van der Waals surface area (Å²) in [5.74, 6) is 0.780. The molecule has 98 valence electrons. The fraction of sp³-hybridized carbons (Fsp3) is 0.923. The summed E-state index contributed by atoms with van der Waals surface area (Å²) in [7, 11) is 2.10. The van der Waals surface area contributed by atoms with Crippen molar-refractivity contribution in [3.05, 3.63) is 0 Å². The lowest BCUT2D eigenvalue weighted by atomic mass is 9.76. The second-order valence-corrected chi connectivity index (χ2v) is 5.95. The molecule has 2 fully saturated rings. The number of hydrogen-bond acceptors (Lipinski definition) is 3. The molecule has 0 spiro atoms. The topological polar surface area (TPSA) is 49.6 Å². The summed E-state index contributed by atoms with van der Waals surface area (Å²) in [5.41, 5.74) is 5.78. The Labute approximate surface area is 104 Å². The number of likely N-dealkylation sites (N-methyl/N-ethyl adjacent to an activating group) is 1. The van der Waals surface area contributed by atoms with Gasteiger partial charge in [-0.1, -0.05) is 19.8 Å². The lowest BCUT2D eigenvalue weighted by Gasteiger charge is -2.41. The average Bonchev–Trinajstić information content (AvgIpc) is 2.29. The Morgan fingerprint density at radius 3 is 2.53 bits per heavy atom. The van der Waals surface area contributed by atoms with Gasteiger partial charge in [0.25, 0.3) is 0 Å². The van der Waals surface area contributed by atoms with Crippen LogP contribution < -0.4 is 5.73 Å². The summed E-state index contributed by atoms with van der Waals surface area (Å²) in [6.07, 6.45) is 4.03. The first-order valence-corrected chi connectivity index (χ1v) is 6.78. The molecular formula is C13H25N3O. The van der Waals surface area contributed by atoms with Crippen LogP contribution in [0.15, 0.2) is 0 Å². The standard InChI is InChI=1S/C13H25N3O/c1-11-4-3-5-13(14,10-11)12(17)16-8-6-15(2)7-9-16/h11H,3-10,14H2,1-2H3. The summed E-state index contributed by atoms with van der Waals surface area (Å²) in [4.78, 5) is 16.7. The van der Waals surface area contributed by atoms with E-state index in [4.69, 9.17) is 5.73 Å². The lowest BCUT2D eigenvalue weighted by molar-refractivity contribution is -0.140. The number of nitrogens with two attached hydrogens (primary N) is 1. The molecule has 1 amide bonds. The highest BCUT2D eigenvalue weighted by molar-refractivity contribution is 5.86. The SMILES string of the molecule is CC1CCCC(N)(C(=O)N2CCN(C)CC2)C1. The van der Waals surface area contributed by atoms with Gasteiger partial charge in [0.05, 0.1) is 5.54 Å². The zero-order valence-corrected chi connectivity index (χ0v) is 11.1. The predicted octanol–water partition coefficient (Wildman–Crippen LogP) is 0.668. The van der Waals surface area contributed by atoms with Crippen molar-refractivity contribution in [3.8, 4) is 0 Å². The van der Waals surface area contributed by atoms with E-state index in [1.807, 2.05) is 4.90 Å². The molecule has 1 heterocycles. The molecule has 2 atom stereocenters. The zero-order chi connectivity index (χ0) is 12.5. The number of nitrogens with zero attached hydrogens (tertiary/aromatic N) is 2. The Hall–Kier alpha value is -0.610. The number of hydrogen-bond donors (Lipinski definition) is 1. The molecule has 4 heteroatoms. The zero-order valence-electron chi connectivity index (χ0n) is 11.1. The van der Waals surface area contributed by atoms with Crippen LogP contribution >= 0.6 is 0 Å². The summed E-state index contributed by atoms with van der Waals surface area (Å²) in [6.45, 7) is 5.82. The molecule has 0 aromatic heterocycles. The number of carbonyl (C=O) groups is 1. The Kier molecular flexibility index (Phi) is 3.73. The van der Waals surface area contributed by atoms with Gasteiger partial charge in [0.15, 0.2) is 0 Å². The van der Waals surface area contributed by atoms with Gasteiger partial charge in [-0.3, -0.25) is 4.79 Å². The van der Waals surface area contributed by atoms with Crippen LogP contribution in [0.2, 0.25) is 0 Å². The molecule has 2 N–H and O–H groups in total. The highest BCUT2D eigenvalue weighted by atomic mass is 16.2. The van der Waals surface area contributed by atoms with Crippen molar-refractivity contribution in [2.75, 3.05) is 33.2 Å². The normalized spacial score (nSPS) is 35.9. The van der Waals surface area contributed by atoms with Gasteiger partial charge in [0.2, 0.25) is 5.91 Å². The first-order chi connectivity index (χ1) is 8.01. The van der Waals surface area contributed by atoms with Gasteiger partial charge in [-0.15, -0.1) is 0 Å². The molecule has 1 saturated carbocycles. The molecule has 0 aromatic carbocycles. The van der Waals surface area contributed by atoms with E-state index in [0.29, 0.717) is 5.92 Å². The summed E-state index contributed by atoms with van der Waals surface area (Å²) in [5, 5.41) is 0. The maximum Gasteiger partial charge on any atom is 0.242 e. The molecular weight excluding hydrogens is 214 g/mol. The fourth-order valence-electron chi connectivity index (χ4n) is 3.11. The van der Waals surface area contributed by atoms with Crippen molar-refractivity contribution in [2.24, 2.45) is 11.7 Å². The molecule has 2 aliphatic rings. The van der Waals surface area contributed by atoms with E-state index in [0.717, 1.165) is 45.4 Å². The van der Waals surface area contributed by atoms with E-state index in [9.17, 15) is 4.79 Å². The monoisotopic (exact) mass is 239 g/mol. The van der Waals surface area contributed by atoms with Crippen LogP contribution in [0.4, 0.5) is 0 Å². The third kappa shape index (κ3) is 2.80. The van der Waals surface area contributed by atoms with Crippen LogP contribution in [0, 0.1) is 5.92 Å². The number of piperazine rings is 1. The lowest BCUT2D eigenvalue weighted by Crippen LogP contribution is -2.60. The van der Waals surface area contributed by atoms with Crippen LogP contribution in [0.5, 0.6) is 0 Å². The van der Waals surface area contributed by atoms with Gasteiger partial charge in [0, 0.05) is 26.2 Å². The summed E-state index contributed by atoms with van der Waals surface area (Å²) in [6, 6.07) is 0. The van der Waals surface area contributed by atoms with Gasteiger partial charge in [-0.25, -0.2) is 0 Å². The largest absolute Gasteiger partial charge is 0.339 e. The highest BCUT2D eigenvalue weighted by Crippen LogP contribution is 2.31. The highest BCUT2D eigenvalue weighted by Gasteiger charge is 2.40. The third-order valence-corrected chi connectivity index (χ3v) is 4.25. The van der Waals surface area contributed by atoms with E-state index in [1.165, 1.54) is 6.42 Å². The Morgan fingerprint density at radius 2 is 1.94 bits per heavy atom. The molecule has 1 saturated heterocycles. The second kappa shape index (κ2) is 4.94. The molecule has 2 rings (SSSR count). The first kappa shape index (κ1) is 12.8. The average molecular weight is 239 g/mol. The molecule has 4 nitrogen and oxygen atoms in total. The molecule has 1 aliphatic carbocycles. The Morgan fingerprint density at radius 1 is 1.29 bits per heavy atom. The molecule has 0 aromatic rings. The summed E-state index contributed by atoms with van der Waals surface area (Å²) < 4.78 is 0. The van der Waals surface area contributed by atoms with Crippen LogP contribution in [-0.4, -0.2) is 54.5 Å². The van der Waals surface area contributed by atoms with E-state index in [2.05, 4.69) is 18.9 Å².